The van der Waals surface area contributed by atoms with Crippen molar-refractivity contribution < 1.29 is 14.3 Å². The van der Waals surface area contributed by atoms with Crippen LogP contribution in [-0.4, -0.2) is 27.5 Å². The van der Waals surface area contributed by atoms with E-state index in [1.807, 2.05) is 48.5 Å². The van der Waals surface area contributed by atoms with Crippen molar-refractivity contribution in [2.24, 2.45) is 0 Å². The molecule has 0 saturated heterocycles. The maximum atomic E-state index is 13.1. The molecular formula is C21H21IN2O3. The summed E-state index contributed by atoms with van der Waals surface area (Å²) in [6, 6.07) is 17.0. The number of rotatable bonds is 3. The monoisotopic (exact) mass is 476 g/mol. The van der Waals surface area contributed by atoms with Gasteiger partial charge in [-0.25, -0.2) is 9.69 Å². The Morgan fingerprint density at radius 1 is 1.07 bits per heavy atom. The second-order valence-electron chi connectivity index (χ2n) is 7.23. The highest BCUT2D eigenvalue weighted by atomic mass is 127. The third kappa shape index (κ3) is 4.68. The van der Waals surface area contributed by atoms with Gasteiger partial charge in [-0.1, -0.05) is 36.4 Å². The molecule has 1 heterocycles. The number of para-hydroxylation sites is 1. The number of benzene rings is 2. The molecule has 140 valence electrons. The number of nitrogens with one attached hydrogen (secondary N) is 1. The molecule has 0 fully saturated rings. The summed E-state index contributed by atoms with van der Waals surface area (Å²) in [5.74, 6) is -0.417. The fourth-order valence-corrected chi connectivity index (χ4v) is 3.23. The lowest BCUT2D eigenvalue weighted by atomic mass is 10.2. The van der Waals surface area contributed by atoms with Crippen LogP contribution in [0.3, 0.4) is 0 Å². The van der Waals surface area contributed by atoms with Gasteiger partial charge in [-0.2, -0.15) is 0 Å². The van der Waals surface area contributed by atoms with E-state index in [9.17, 15) is 9.59 Å². The van der Waals surface area contributed by atoms with Crippen LogP contribution in [0.2, 0.25) is 0 Å². The molecule has 0 unspecified atom stereocenters. The number of hydrogen-bond acceptors (Lipinski definition) is 3. The highest BCUT2D eigenvalue weighted by molar-refractivity contribution is 14.1. The van der Waals surface area contributed by atoms with E-state index in [-0.39, 0.29) is 6.54 Å². The lowest BCUT2D eigenvalue weighted by Gasteiger charge is -2.26. The molecule has 0 spiro atoms. The molecule has 27 heavy (non-hydrogen) atoms. The van der Waals surface area contributed by atoms with E-state index in [0.29, 0.717) is 5.69 Å². The average molecular weight is 476 g/mol. The molecule has 3 aromatic rings. The number of carbonyl (C=O) groups excluding carboxylic acids is 2. The normalized spacial score (nSPS) is 11.4. The van der Waals surface area contributed by atoms with Crippen molar-refractivity contribution in [2.45, 2.75) is 32.9 Å². The molecule has 0 aliphatic heterocycles. The van der Waals surface area contributed by atoms with Crippen molar-refractivity contribution >= 4 is 45.5 Å². The summed E-state index contributed by atoms with van der Waals surface area (Å²) < 4.78 is 6.46. The van der Waals surface area contributed by atoms with E-state index in [1.54, 1.807) is 26.8 Å². The first-order chi connectivity index (χ1) is 12.7. The lowest BCUT2D eigenvalue weighted by Crippen LogP contribution is -2.40. The maximum Gasteiger partial charge on any atom is 0.417 e. The number of H-pyrrole nitrogens is 1. The topological polar surface area (TPSA) is 62.4 Å². The zero-order valence-corrected chi connectivity index (χ0v) is 17.6. The van der Waals surface area contributed by atoms with Crippen LogP contribution in [0, 0.1) is 3.57 Å². The predicted molar refractivity (Wildman–Crippen MR) is 114 cm³/mol. The Morgan fingerprint density at radius 2 is 1.74 bits per heavy atom. The van der Waals surface area contributed by atoms with Gasteiger partial charge in [-0.05, 0) is 67.1 Å². The highest BCUT2D eigenvalue weighted by Crippen LogP contribution is 2.21. The molecule has 6 heteroatoms. The van der Waals surface area contributed by atoms with Crippen molar-refractivity contribution in [1.29, 1.82) is 0 Å². The van der Waals surface area contributed by atoms with E-state index in [2.05, 4.69) is 27.6 Å². The fraction of sp³-hybridized carbons (Fsp3) is 0.238. The second kappa shape index (κ2) is 7.72. The van der Waals surface area contributed by atoms with Crippen molar-refractivity contribution in [1.82, 2.24) is 9.88 Å². The third-order valence-corrected chi connectivity index (χ3v) is 4.96. The Balaban J connectivity index is 1.96. The fourth-order valence-electron chi connectivity index (χ4n) is 2.67. The number of ether oxygens (including phenoxy) is 1. The van der Waals surface area contributed by atoms with Gasteiger partial charge in [-0.3, -0.25) is 4.79 Å². The maximum absolute atomic E-state index is 13.1. The molecule has 0 saturated carbocycles. The van der Waals surface area contributed by atoms with Crippen LogP contribution in [0.1, 0.15) is 36.8 Å². The van der Waals surface area contributed by atoms with Crippen molar-refractivity contribution in [2.75, 3.05) is 0 Å². The van der Waals surface area contributed by atoms with Crippen LogP contribution in [0.5, 0.6) is 0 Å². The Bertz CT molecular complexity index is 955. The zero-order valence-electron chi connectivity index (χ0n) is 15.5. The minimum absolute atomic E-state index is 0.141. The molecule has 0 bridgehead atoms. The zero-order chi connectivity index (χ0) is 19.6. The number of nitrogens with zero attached hydrogens (tertiary/aromatic N) is 1. The number of fused-ring (bicyclic) bond motifs is 1. The summed E-state index contributed by atoms with van der Waals surface area (Å²) in [5, 5.41) is 0.916. The van der Waals surface area contributed by atoms with Crippen LogP contribution in [0.15, 0.2) is 54.6 Å². The number of halogens is 1. The Morgan fingerprint density at radius 3 is 2.41 bits per heavy atom. The Labute approximate surface area is 171 Å². The van der Waals surface area contributed by atoms with Gasteiger partial charge >= 0.3 is 6.09 Å². The molecule has 1 N–H and O–H groups in total. The molecule has 0 aliphatic rings. The van der Waals surface area contributed by atoms with Crippen LogP contribution in [0.4, 0.5) is 4.79 Å². The first-order valence-corrected chi connectivity index (χ1v) is 9.68. The number of amides is 2. The standard InChI is InChI=1S/C21H21IN2O3/c1-21(2,3)27-20(26)24(13-15-9-4-6-10-16(15)22)19(25)18-12-14-8-5-7-11-17(14)23-18/h4-12,23H,13H2,1-3H3. The molecule has 5 nitrogen and oxygen atoms in total. The van der Waals surface area contributed by atoms with Gasteiger partial charge < -0.3 is 9.72 Å². The van der Waals surface area contributed by atoms with Crippen LogP contribution in [-0.2, 0) is 11.3 Å². The van der Waals surface area contributed by atoms with Crippen LogP contribution >= 0.6 is 22.6 Å². The average Bonchev–Trinajstić information content (AvgIpc) is 3.03. The largest absolute Gasteiger partial charge is 0.443 e. The third-order valence-electron chi connectivity index (χ3n) is 3.91. The smallest absolute Gasteiger partial charge is 0.417 e. The Kier molecular flexibility index (Phi) is 5.55. The van der Waals surface area contributed by atoms with Gasteiger partial charge in [0.05, 0.1) is 6.54 Å². The van der Waals surface area contributed by atoms with Crippen LogP contribution in [0.25, 0.3) is 10.9 Å². The lowest BCUT2D eigenvalue weighted by molar-refractivity contribution is 0.0225. The van der Waals surface area contributed by atoms with Gasteiger partial charge in [0.25, 0.3) is 5.91 Å². The van der Waals surface area contributed by atoms with Gasteiger partial charge in [0, 0.05) is 14.5 Å². The minimum atomic E-state index is -0.695. The molecule has 0 radical (unpaired) electrons. The second-order valence-corrected chi connectivity index (χ2v) is 8.40. The quantitative estimate of drug-likeness (QED) is 0.519. The molecular weight excluding hydrogens is 455 g/mol. The van der Waals surface area contributed by atoms with E-state index in [4.69, 9.17) is 4.74 Å². The molecule has 0 aliphatic carbocycles. The summed E-state index contributed by atoms with van der Waals surface area (Å²) >= 11 is 2.20. The van der Waals surface area contributed by atoms with Gasteiger partial charge in [0.15, 0.2) is 0 Å². The first kappa shape index (κ1) is 19.4. The predicted octanol–water partition coefficient (Wildman–Crippen LogP) is 5.35. The Hall–Kier alpha value is -2.35. The van der Waals surface area contributed by atoms with Crippen LogP contribution < -0.4 is 0 Å². The number of carbonyl (C=O) groups is 2. The summed E-state index contributed by atoms with van der Waals surface area (Å²) in [7, 11) is 0. The van der Waals surface area contributed by atoms with E-state index in [1.165, 1.54) is 0 Å². The van der Waals surface area contributed by atoms with Crippen molar-refractivity contribution in [3.05, 3.63) is 69.4 Å². The molecule has 2 amide bonds. The first-order valence-electron chi connectivity index (χ1n) is 8.60. The minimum Gasteiger partial charge on any atom is -0.443 e. The van der Waals surface area contributed by atoms with Gasteiger partial charge in [-0.15, -0.1) is 0 Å². The van der Waals surface area contributed by atoms with Crippen molar-refractivity contribution in [3.8, 4) is 0 Å². The molecule has 3 rings (SSSR count). The number of hydrogen-bond donors (Lipinski definition) is 1. The molecule has 1 aromatic heterocycles. The molecule has 2 aromatic carbocycles. The summed E-state index contributed by atoms with van der Waals surface area (Å²) in [4.78, 5) is 30.2. The summed E-state index contributed by atoms with van der Waals surface area (Å²) in [5.41, 5.74) is 1.39. The summed E-state index contributed by atoms with van der Waals surface area (Å²) in [6.45, 7) is 5.48. The van der Waals surface area contributed by atoms with Gasteiger partial charge in [0.2, 0.25) is 0 Å². The number of aromatic nitrogens is 1. The van der Waals surface area contributed by atoms with Crippen molar-refractivity contribution in [3.63, 3.8) is 0 Å². The number of imide groups is 1. The highest BCUT2D eigenvalue weighted by Gasteiger charge is 2.29. The summed E-state index contributed by atoms with van der Waals surface area (Å²) in [6.07, 6.45) is -0.661. The van der Waals surface area contributed by atoms with Gasteiger partial charge in [0.1, 0.15) is 11.3 Å². The number of aromatic amines is 1. The van der Waals surface area contributed by atoms with E-state index >= 15 is 0 Å². The SMILES string of the molecule is CC(C)(C)OC(=O)N(Cc1ccccc1I)C(=O)c1cc2ccccc2[nH]1. The van der Waals surface area contributed by atoms with E-state index < -0.39 is 17.6 Å². The molecule has 0 atom stereocenters. The van der Waals surface area contributed by atoms with E-state index in [0.717, 1.165) is 24.9 Å².